The van der Waals surface area contributed by atoms with E-state index in [-0.39, 0.29) is 5.91 Å². The van der Waals surface area contributed by atoms with Crippen LogP contribution < -0.4 is 14.8 Å². The van der Waals surface area contributed by atoms with Gasteiger partial charge < -0.3 is 14.8 Å². The van der Waals surface area contributed by atoms with E-state index in [1.165, 1.54) is 12.7 Å². The predicted molar refractivity (Wildman–Crippen MR) is 90.8 cm³/mol. The van der Waals surface area contributed by atoms with Crippen molar-refractivity contribution in [1.29, 1.82) is 5.26 Å². The van der Waals surface area contributed by atoms with E-state index in [1.807, 2.05) is 37.3 Å². The van der Waals surface area contributed by atoms with Gasteiger partial charge in [-0.15, -0.1) is 0 Å². The van der Waals surface area contributed by atoms with Crippen molar-refractivity contribution < 1.29 is 14.3 Å². The highest BCUT2D eigenvalue weighted by molar-refractivity contribution is 5.80. The second-order valence-electron chi connectivity index (χ2n) is 5.44. The first-order valence-electron chi connectivity index (χ1n) is 7.61. The summed E-state index contributed by atoms with van der Waals surface area (Å²) in [4.78, 5) is 12.2. The molecule has 0 aliphatic carbocycles. The SMILES string of the molecule is COc1cc(C#N)ccc1O[C@@H](C)C(=O)NCc1ccc(C)cc1. The number of methoxy groups -OCH3 is 1. The Morgan fingerprint density at radius 3 is 2.54 bits per heavy atom. The lowest BCUT2D eigenvalue weighted by molar-refractivity contribution is -0.127. The van der Waals surface area contributed by atoms with Crippen LogP contribution in [0.5, 0.6) is 11.5 Å². The van der Waals surface area contributed by atoms with Crippen LogP contribution in [0.2, 0.25) is 0 Å². The van der Waals surface area contributed by atoms with E-state index in [0.717, 1.165) is 5.56 Å². The van der Waals surface area contributed by atoms with Gasteiger partial charge in [-0.3, -0.25) is 4.79 Å². The van der Waals surface area contributed by atoms with Crippen molar-refractivity contribution >= 4 is 5.91 Å². The molecule has 2 aromatic rings. The molecule has 1 atom stereocenters. The van der Waals surface area contributed by atoms with Crippen LogP contribution in [-0.4, -0.2) is 19.1 Å². The smallest absolute Gasteiger partial charge is 0.261 e. The number of nitrogens with zero attached hydrogens (tertiary/aromatic N) is 1. The fourth-order valence-corrected chi connectivity index (χ4v) is 2.12. The van der Waals surface area contributed by atoms with Gasteiger partial charge in [0.1, 0.15) is 0 Å². The topological polar surface area (TPSA) is 71.3 Å². The van der Waals surface area contributed by atoms with E-state index in [1.54, 1.807) is 25.1 Å². The number of nitrogens with one attached hydrogen (secondary N) is 1. The van der Waals surface area contributed by atoms with Gasteiger partial charge in [-0.1, -0.05) is 29.8 Å². The van der Waals surface area contributed by atoms with E-state index in [4.69, 9.17) is 14.7 Å². The summed E-state index contributed by atoms with van der Waals surface area (Å²) in [6, 6.07) is 14.8. The van der Waals surface area contributed by atoms with E-state index < -0.39 is 6.10 Å². The molecule has 5 nitrogen and oxygen atoms in total. The van der Waals surface area contributed by atoms with Crippen LogP contribution in [0.1, 0.15) is 23.6 Å². The number of ether oxygens (including phenoxy) is 2. The second kappa shape index (κ2) is 8.02. The number of hydrogen-bond acceptors (Lipinski definition) is 4. The van der Waals surface area contributed by atoms with Gasteiger partial charge in [0.15, 0.2) is 17.6 Å². The Morgan fingerprint density at radius 1 is 1.21 bits per heavy atom. The van der Waals surface area contributed by atoms with Gasteiger partial charge in [-0.2, -0.15) is 5.26 Å². The molecule has 0 radical (unpaired) electrons. The number of rotatable bonds is 6. The third-order valence-electron chi connectivity index (χ3n) is 3.55. The van der Waals surface area contributed by atoms with Crippen molar-refractivity contribution in [2.24, 2.45) is 0 Å². The second-order valence-corrected chi connectivity index (χ2v) is 5.44. The molecule has 0 bridgehead atoms. The van der Waals surface area contributed by atoms with Crippen molar-refractivity contribution in [3.63, 3.8) is 0 Å². The van der Waals surface area contributed by atoms with Crippen molar-refractivity contribution in [3.8, 4) is 17.6 Å². The van der Waals surface area contributed by atoms with Gasteiger partial charge in [-0.25, -0.2) is 0 Å². The summed E-state index contributed by atoms with van der Waals surface area (Å²) in [5.41, 5.74) is 2.67. The molecular weight excluding hydrogens is 304 g/mol. The van der Waals surface area contributed by atoms with Crippen LogP contribution in [0.15, 0.2) is 42.5 Å². The summed E-state index contributed by atoms with van der Waals surface area (Å²) in [5, 5.41) is 11.7. The molecule has 124 valence electrons. The summed E-state index contributed by atoms with van der Waals surface area (Å²) in [5.74, 6) is 0.628. The van der Waals surface area contributed by atoms with Gasteiger partial charge in [0, 0.05) is 12.6 Å². The molecule has 5 heteroatoms. The zero-order valence-corrected chi connectivity index (χ0v) is 14.0. The quantitative estimate of drug-likeness (QED) is 0.887. The highest BCUT2D eigenvalue weighted by atomic mass is 16.5. The molecule has 0 aromatic heterocycles. The van der Waals surface area contributed by atoms with Crippen molar-refractivity contribution in [2.75, 3.05) is 7.11 Å². The standard InChI is InChI=1S/C19H20N2O3/c1-13-4-6-15(7-5-13)12-21-19(22)14(2)24-17-9-8-16(11-20)10-18(17)23-3/h4-10,14H,12H2,1-3H3,(H,21,22)/t14-/m0/s1. The fourth-order valence-electron chi connectivity index (χ4n) is 2.12. The highest BCUT2D eigenvalue weighted by Gasteiger charge is 2.17. The average Bonchev–Trinajstić information content (AvgIpc) is 2.61. The molecule has 2 aromatic carbocycles. The van der Waals surface area contributed by atoms with Gasteiger partial charge in [-0.05, 0) is 31.5 Å². The minimum Gasteiger partial charge on any atom is -0.493 e. The van der Waals surface area contributed by atoms with Crippen LogP contribution in [0.25, 0.3) is 0 Å². The first-order valence-corrected chi connectivity index (χ1v) is 7.61. The lowest BCUT2D eigenvalue weighted by Crippen LogP contribution is -2.35. The number of hydrogen-bond donors (Lipinski definition) is 1. The number of carbonyl (C=O) groups excluding carboxylic acids is 1. The van der Waals surface area contributed by atoms with Gasteiger partial charge in [0.25, 0.3) is 5.91 Å². The highest BCUT2D eigenvalue weighted by Crippen LogP contribution is 2.28. The van der Waals surface area contributed by atoms with Crippen LogP contribution in [0.3, 0.4) is 0 Å². The third-order valence-corrected chi connectivity index (χ3v) is 3.55. The lowest BCUT2D eigenvalue weighted by atomic mass is 10.1. The molecule has 1 N–H and O–H groups in total. The maximum Gasteiger partial charge on any atom is 0.261 e. The van der Waals surface area contributed by atoms with Gasteiger partial charge in [0.2, 0.25) is 0 Å². The van der Waals surface area contributed by atoms with Gasteiger partial charge in [0.05, 0.1) is 18.7 Å². The monoisotopic (exact) mass is 324 g/mol. The number of nitriles is 1. The fraction of sp³-hybridized carbons (Fsp3) is 0.263. The molecule has 0 heterocycles. The summed E-state index contributed by atoms with van der Waals surface area (Å²) in [7, 11) is 1.49. The van der Waals surface area contributed by atoms with Crippen LogP contribution in [-0.2, 0) is 11.3 Å². The molecule has 0 saturated heterocycles. The van der Waals surface area contributed by atoms with Crippen molar-refractivity contribution in [1.82, 2.24) is 5.32 Å². The summed E-state index contributed by atoms with van der Waals surface area (Å²) in [6.45, 7) is 4.13. The molecule has 0 aliphatic heterocycles. The Labute approximate surface area is 141 Å². The molecule has 24 heavy (non-hydrogen) atoms. The molecule has 0 fully saturated rings. The zero-order valence-electron chi connectivity index (χ0n) is 14.0. The maximum absolute atomic E-state index is 12.2. The largest absolute Gasteiger partial charge is 0.493 e. The van der Waals surface area contributed by atoms with E-state index in [2.05, 4.69) is 5.32 Å². The Bertz CT molecular complexity index is 748. The van der Waals surface area contributed by atoms with Crippen LogP contribution in [0, 0.1) is 18.3 Å². The van der Waals surface area contributed by atoms with Crippen molar-refractivity contribution in [2.45, 2.75) is 26.5 Å². The first kappa shape index (κ1) is 17.4. The summed E-state index contributed by atoms with van der Waals surface area (Å²) < 4.78 is 10.9. The number of aryl methyl sites for hydroxylation is 1. The number of carbonyl (C=O) groups is 1. The molecule has 0 spiro atoms. The van der Waals surface area contributed by atoms with E-state index in [9.17, 15) is 4.79 Å². The van der Waals surface area contributed by atoms with Crippen molar-refractivity contribution in [3.05, 3.63) is 59.2 Å². The van der Waals surface area contributed by atoms with E-state index >= 15 is 0 Å². The summed E-state index contributed by atoms with van der Waals surface area (Å²) in [6.07, 6.45) is -0.683. The molecule has 0 saturated carbocycles. The minimum absolute atomic E-state index is 0.220. The normalized spacial score (nSPS) is 11.2. The Balaban J connectivity index is 1.96. The maximum atomic E-state index is 12.2. The predicted octanol–water partition coefficient (Wildman–Crippen LogP) is 2.96. The molecular formula is C19H20N2O3. The molecule has 0 unspecified atom stereocenters. The number of benzene rings is 2. The third kappa shape index (κ3) is 4.50. The minimum atomic E-state index is -0.683. The van der Waals surface area contributed by atoms with Gasteiger partial charge >= 0.3 is 0 Å². The molecule has 2 rings (SSSR count). The summed E-state index contributed by atoms with van der Waals surface area (Å²) >= 11 is 0. The Hall–Kier alpha value is -3.00. The first-order chi connectivity index (χ1) is 11.5. The number of amides is 1. The lowest BCUT2D eigenvalue weighted by Gasteiger charge is -2.17. The zero-order chi connectivity index (χ0) is 17.5. The average molecular weight is 324 g/mol. The van der Waals surface area contributed by atoms with Crippen LogP contribution >= 0.6 is 0 Å². The Morgan fingerprint density at radius 2 is 1.92 bits per heavy atom. The van der Waals surface area contributed by atoms with Crippen LogP contribution in [0.4, 0.5) is 0 Å². The molecule has 0 aliphatic rings. The molecule has 1 amide bonds. The Kier molecular flexibility index (Phi) is 5.80. The van der Waals surface area contributed by atoms with E-state index in [0.29, 0.717) is 23.6 Å².